The maximum atomic E-state index is 2.31. The number of rotatable bonds is 6. The van der Waals surface area contributed by atoms with Crippen molar-refractivity contribution >= 4 is 22.3 Å². The molecule has 0 spiro atoms. The highest BCUT2D eigenvalue weighted by Gasteiger charge is 2.40. The summed E-state index contributed by atoms with van der Waals surface area (Å²) in [6.07, 6.45) is 0. The summed E-state index contributed by atoms with van der Waals surface area (Å²) in [5.74, 6) is 0.183. The molecule has 200 valence electrons. The molecule has 2 atom stereocenters. The Bertz CT molecular complexity index is 1680. The molecule has 0 heterocycles. The lowest BCUT2D eigenvalue weighted by Gasteiger charge is -2.41. The van der Waals surface area contributed by atoms with Crippen molar-refractivity contribution in [2.24, 2.45) is 0 Å². The zero-order chi connectivity index (χ0) is 28.1. The standard InChI is InChI=1S/C42H32/c1-7-19-31(20-8-1)37-38(32-21-9-2-10-22-32)40(34-25-13-4-14-26-34)42(36-29-17-6-18-30-36)41(35-27-15-5-16-28-35)39(37)33-23-11-3-12-24-33/h1-30,37-38H/t37-,38-/m1/s1. The average Bonchev–Trinajstić information content (AvgIpc) is 3.09. The molecule has 0 aliphatic heterocycles. The van der Waals surface area contributed by atoms with E-state index in [4.69, 9.17) is 0 Å². The molecule has 0 bridgehead atoms. The molecule has 0 radical (unpaired) electrons. The van der Waals surface area contributed by atoms with Crippen LogP contribution in [0.2, 0.25) is 0 Å². The summed E-state index contributed by atoms with van der Waals surface area (Å²) in [7, 11) is 0. The zero-order valence-electron chi connectivity index (χ0n) is 23.5. The van der Waals surface area contributed by atoms with Crippen molar-refractivity contribution in [3.05, 3.63) is 215 Å². The van der Waals surface area contributed by atoms with Crippen LogP contribution in [0.3, 0.4) is 0 Å². The summed E-state index contributed by atoms with van der Waals surface area (Å²) in [4.78, 5) is 0. The van der Waals surface area contributed by atoms with Crippen LogP contribution in [0.25, 0.3) is 22.3 Å². The van der Waals surface area contributed by atoms with Crippen molar-refractivity contribution in [1.82, 2.24) is 0 Å². The summed E-state index contributed by atoms with van der Waals surface area (Å²) < 4.78 is 0. The van der Waals surface area contributed by atoms with Gasteiger partial charge in [-0.05, 0) is 55.7 Å². The molecule has 6 aromatic rings. The van der Waals surface area contributed by atoms with E-state index in [-0.39, 0.29) is 11.8 Å². The number of benzene rings is 6. The van der Waals surface area contributed by atoms with E-state index in [1.165, 1.54) is 55.7 Å². The van der Waals surface area contributed by atoms with Crippen molar-refractivity contribution in [2.75, 3.05) is 0 Å². The van der Waals surface area contributed by atoms with E-state index < -0.39 is 0 Å². The molecule has 0 aromatic heterocycles. The average molecular weight is 537 g/mol. The van der Waals surface area contributed by atoms with Gasteiger partial charge >= 0.3 is 0 Å². The molecule has 1 aliphatic rings. The maximum Gasteiger partial charge on any atom is 0.0211 e. The van der Waals surface area contributed by atoms with Gasteiger partial charge in [0.15, 0.2) is 0 Å². The Morgan fingerprint density at radius 2 is 0.476 bits per heavy atom. The van der Waals surface area contributed by atoms with Crippen LogP contribution in [-0.2, 0) is 0 Å². The molecule has 42 heavy (non-hydrogen) atoms. The van der Waals surface area contributed by atoms with Crippen molar-refractivity contribution in [1.29, 1.82) is 0 Å². The van der Waals surface area contributed by atoms with Crippen LogP contribution in [0.5, 0.6) is 0 Å². The molecule has 1 aliphatic carbocycles. The van der Waals surface area contributed by atoms with E-state index in [0.29, 0.717) is 0 Å². The van der Waals surface area contributed by atoms with Gasteiger partial charge in [0.05, 0.1) is 0 Å². The van der Waals surface area contributed by atoms with E-state index in [0.717, 1.165) is 0 Å². The Morgan fingerprint density at radius 3 is 0.762 bits per heavy atom. The van der Waals surface area contributed by atoms with Gasteiger partial charge in [-0.2, -0.15) is 0 Å². The van der Waals surface area contributed by atoms with E-state index >= 15 is 0 Å². The fourth-order valence-electron chi connectivity index (χ4n) is 6.65. The Labute approximate surface area is 249 Å². The van der Waals surface area contributed by atoms with Gasteiger partial charge in [-0.3, -0.25) is 0 Å². The first-order valence-corrected chi connectivity index (χ1v) is 14.7. The third-order valence-electron chi connectivity index (χ3n) is 8.36. The third kappa shape index (κ3) is 4.82. The lowest BCUT2D eigenvalue weighted by molar-refractivity contribution is 0.766. The minimum atomic E-state index is 0.0916. The SMILES string of the molecule is c1ccc(C2=C(c3ccccc3)[C@H](c3ccccc3)[C@@H](c3ccccc3)C(c3ccccc3)=C2c2ccccc2)cc1. The number of hydrogen-bond donors (Lipinski definition) is 0. The molecule has 0 saturated heterocycles. The third-order valence-corrected chi connectivity index (χ3v) is 8.36. The topological polar surface area (TPSA) is 0 Å². The van der Waals surface area contributed by atoms with E-state index in [1.54, 1.807) is 0 Å². The minimum Gasteiger partial charge on any atom is -0.0622 e. The van der Waals surface area contributed by atoms with Crippen LogP contribution in [0, 0.1) is 0 Å². The predicted molar refractivity (Wildman–Crippen MR) is 178 cm³/mol. The highest BCUT2D eigenvalue weighted by molar-refractivity contribution is 6.25. The van der Waals surface area contributed by atoms with Crippen LogP contribution in [-0.4, -0.2) is 0 Å². The van der Waals surface area contributed by atoms with Gasteiger partial charge in [0, 0.05) is 11.8 Å². The largest absolute Gasteiger partial charge is 0.0622 e. The van der Waals surface area contributed by atoms with Crippen molar-refractivity contribution in [3.8, 4) is 0 Å². The maximum absolute atomic E-state index is 2.31. The van der Waals surface area contributed by atoms with Crippen LogP contribution in [0.15, 0.2) is 182 Å². The first-order valence-electron chi connectivity index (χ1n) is 14.7. The molecule has 7 rings (SSSR count). The second-order valence-electron chi connectivity index (χ2n) is 10.8. The van der Waals surface area contributed by atoms with Crippen LogP contribution >= 0.6 is 0 Å². The summed E-state index contributed by atoms with van der Waals surface area (Å²) in [5, 5.41) is 0. The summed E-state index contributed by atoms with van der Waals surface area (Å²) in [6, 6.07) is 66.2. The van der Waals surface area contributed by atoms with Gasteiger partial charge in [0.25, 0.3) is 0 Å². The summed E-state index contributed by atoms with van der Waals surface area (Å²) >= 11 is 0. The molecule has 0 nitrogen and oxygen atoms in total. The lowest BCUT2D eigenvalue weighted by Crippen LogP contribution is -2.22. The second kappa shape index (κ2) is 11.7. The van der Waals surface area contributed by atoms with Gasteiger partial charge in [0.1, 0.15) is 0 Å². The Hall–Kier alpha value is -5.20. The fourth-order valence-corrected chi connectivity index (χ4v) is 6.65. The molecule has 6 aromatic carbocycles. The van der Waals surface area contributed by atoms with Crippen molar-refractivity contribution < 1.29 is 0 Å². The Morgan fingerprint density at radius 1 is 0.238 bits per heavy atom. The smallest absolute Gasteiger partial charge is 0.0211 e. The highest BCUT2D eigenvalue weighted by Crippen LogP contribution is 2.60. The normalized spacial score (nSPS) is 16.9. The minimum absolute atomic E-state index is 0.0916. The van der Waals surface area contributed by atoms with Crippen LogP contribution < -0.4 is 0 Å². The van der Waals surface area contributed by atoms with E-state index in [1.807, 2.05) is 0 Å². The second-order valence-corrected chi connectivity index (χ2v) is 10.8. The number of hydrogen-bond acceptors (Lipinski definition) is 0. The van der Waals surface area contributed by atoms with Gasteiger partial charge in [-0.25, -0.2) is 0 Å². The van der Waals surface area contributed by atoms with Gasteiger partial charge in [-0.1, -0.05) is 182 Å². The lowest BCUT2D eigenvalue weighted by atomic mass is 9.62. The molecule has 0 N–H and O–H groups in total. The first-order chi connectivity index (χ1) is 20.9. The van der Waals surface area contributed by atoms with Crippen molar-refractivity contribution in [2.45, 2.75) is 11.8 Å². The Kier molecular flexibility index (Phi) is 7.19. The number of allylic oxidation sites excluding steroid dienone is 4. The zero-order valence-corrected chi connectivity index (χ0v) is 23.5. The van der Waals surface area contributed by atoms with Gasteiger partial charge < -0.3 is 0 Å². The first kappa shape index (κ1) is 25.7. The monoisotopic (exact) mass is 536 g/mol. The molecule has 0 saturated carbocycles. The van der Waals surface area contributed by atoms with Gasteiger partial charge in [0.2, 0.25) is 0 Å². The van der Waals surface area contributed by atoms with Gasteiger partial charge in [-0.15, -0.1) is 0 Å². The van der Waals surface area contributed by atoms with E-state index in [2.05, 4.69) is 182 Å². The highest BCUT2D eigenvalue weighted by atomic mass is 14.4. The quantitative estimate of drug-likeness (QED) is 0.199. The van der Waals surface area contributed by atoms with E-state index in [9.17, 15) is 0 Å². The molecule has 0 unspecified atom stereocenters. The summed E-state index contributed by atoms with van der Waals surface area (Å²) in [6.45, 7) is 0. The fraction of sp³-hybridized carbons (Fsp3) is 0.0476. The molecular formula is C42H32. The predicted octanol–water partition coefficient (Wildman–Crippen LogP) is 10.8. The molecule has 0 fully saturated rings. The summed E-state index contributed by atoms with van der Waals surface area (Å²) in [5.41, 5.74) is 12.9. The van der Waals surface area contributed by atoms with Crippen LogP contribution in [0.4, 0.5) is 0 Å². The van der Waals surface area contributed by atoms with Crippen LogP contribution in [0.1, 0.15) is 45.2 Å². The molecular weight excluding hydrogens is 504 g/mol. The molecule has 0 heteroatoms. The molecule has 0 amide bonds. The Balaban J connectivity index is 1.71. The van der Waals surface area contributed by atoms with Crippen molar-refractivity contribution in [3.63, 3.8) is 0 Å².